The molecule has 3 atom stereocenters. The summed E-state index contributed by atoms with van der Waals surface area (Å²) in [6.45, 7) is 5.65. The molecular weight excluding hydrogens is 508 g/mol. The fourth-order valence-corrected chi connectivity index (χ4v) is 6.59. The monoisotopic (exact) mass is 540 g/mol. The zero-order valence-corrected chi connectivity index (χ0v) is 22.5. The highest BCUT2D eigenvalue weighted by Gasteiger charge is 2.55. The van der Waals surface area contributed by atoms with Crippen molar-refractivity contribution in [2.45, 2.75) is 64.1 Å². The molecule has 10 nitrogen and oxygen atoms in total. The maximum Gasteiger partial charge on any atom is 0.293 e. The van der Waals surface area contributed by atoms with Gasteiger partial charge >= 0.3 is 0 Å². The molecule has 2 saturated heterocycles. The highest BCUT2D eigenvalue weighted by atomic mass is 32.2. The third kappa shape index (κ3) is 5.25. The molecule has 4 rings (SSSR count). The topological polar surface area (TPSA) is 134 Å². The van der Waals surface area contributed by atoms with Gasteiger partial charge in [0.05, 0.1) is 18.2 Å². The van der Waals surface area contributed by atoms with Crippen molar-refractivity contribution < 1.29 is 27.6 Å². The van der Waals surface area contributed by atoms with Gasteiger partial charge in [0.1, 0.15) is 12.1 Å². The van der Waals surface area contributed by atoms with E-state index in [2.05, 4.69) is 24.1 Å². The molecule has 2 fully saturated rings. The quantitative estimate of drug-likeness (QED) is 0.542. The lowest BCUT2D eigenvalue weighted by molar-refractivity contribution is -0.138. The number of nitrogens with zero attached hydrogens (tertiary/aromatic N) is 3. The van der Waals surface area contributed by atoms with Crippen LogP contribution in [0.25, 0.3) is 0 Å². The molecule has 3 unspecified atom stereocenters. The Kier molecular flexibility index (Phi) is 8.08. The van der Waals surface area contributed by atoms with Gasteiger partial charge in [-0.25, -0.2) is 8.42 Å². The van der Waals surface area contributed by atoms with Crippen LogP contribution in [0.3, 0.4) is 0 Å². The third-order valence-electron chi connectivity index (χ3n) is 7.12. The number of amides is 2. The Morgan fingerprint density at radius 3 is 2.42 bits per heavy atom. The maximum absolute atomic E-state index is 13.6. The Labute approximate surface area is 222 Å². The maximum atomic E-state index is 13.6. The molecule has 1 aromatic carbocycles. The molecule has 0 aliphatic carbocycles. The zero-order valence-electron chi connectivity index (χ0n) is 21.7. The van der Waals surface area contributed by atoms with E-state index < -0.39 is 57.4 Å². The number of hydrogen-bond acceptors (Lipinski definition) is 7. The summed E-state index contributed by atoms with van der Waals surface area (Å²) in [5.41, 5.74) is 1.42. The highest BCUT2D eigenvalue weighted by molar-refractivity contribution is 8.04. The number of sulfonamides is 1. The summed E-state index contributed by atoms with van der Waals surface area (Å²) < 4.78 is 27.2. The van der Waals surface area contributed by atoms with E-state index in [0.717, 1.165) is 16.1 Å². The lowest BCUT2D eigenvalue weighted by Gasteiger charge is -2.28. The molecule has 0 radical (unpaired) electrons. The van der Waals surface area contributed by atoms with Crippen molar-refractivity contribution in [3.8, 4) is 0 Å². The Morgan fingerprint density at radius 1 is 1.11 bits per heavy atom. The van der Waals surface area contributed by atoms with Crippen molar-refractivity contribution in [2.75, 3.05) is 13.1 Å². The number of pyridine rings is 1. The molecule has 3 heterocycles. The highest BCUT2D eigenvalue weighted by Crippen LogP contribution is 2.33. The molecule has 2 aromatic rings. The summed E-state index contributed by atoms with van der Waals surface area (Å²) in [6.07, 6.45) is 3.77. The predicted octanol–water partition coefficient (Wildman–Crippen LogP) is 2.13. The number of benzene rings is 1. The van der Waals surface area contributed by atoms with Gasteiger partial charge < -0.3 is 10.2 Å². The van der Waals surface area contributed by atoms with Crippen LogP contribution in [0.4, 0.5) is 0 Å². The van der Waals surface area contributed by atoms with Gasteiger partial charge in [-0.05, 0) is 48.6 Å². The number of rotatable bonds is 8. The molecular formula is C27H32N4O6S. The van der Waals surface area contributed by atoms with Gasteiger partial charge in [0, 0.05) is 24.5 Å². The molecule has 0 saturated carbocycles. The van der Waals surface area contributed by atoms with Gasteiger partial charge in [-0.2, -0.15) is 4.31 Å². The van der Waals surface area contributed by atoms with Gasteiger partial charge in [0.25, 0.3) is 21.0 Å². The Morgan fingerprint density at radius 2 is 1.82 bits per heavy atom. The van der Waals surface area contributed by atoms with Crippen molar-refractivity contribution in [1.82, 2.24) is 19.5 Å². The number of nitrogens with one attached hydrogen (secondary N) is 1. The summed E-state index contributed by atoms with van der Waals surface area (Å²) in [5.74, 6) is -0.963. The molecule has 1 aromatic heterocycles. The molecule has 2 aliphatic rings. The van der Waals surface area contributed by atoms with E-state index in [-0.39, 0.29) is 18.5 Å². The van der Waals surface area contributed by atoms with Crippen molar-refractivity contribution >= 4 is 32.7 Å². The molecule has 0 spiro atoms. The number of ketones is 1. The van der Waals surface area contributed by atoms with Crippen LogP contribution in [-0.2, 0) is 19.6 Å². The minimum absolute atomic E-state index is 0.0959. The first kappa shape index (κ1) is 27.6. The second-order valence-corrected chi connectivity index (χ2v) is 11.8. The van der Waals surface area contributed by atoms with Crippen LogP contribution in [-0.4, -0.2) is 76.5 Å². The lowest BCUT2D eigenvalue weighted by Crippen LogP contribution is -2.52. The van der Waals surface area contributed by atoms with Crippen LogP contribution in [0.15, 0.2) is 48.8 Å². The number of carbonyl (C=O) groups excluding carboxylic acids is 4. The number of likely N-dealkylation sites (tertiary alicyclic amines) is 1. The van der Waals surface area contributed by atoms with Crippen LogP contribution >= 0.6 is 0 Å². The van der Waals surface area contributed by atoms with Gasteiger partial charge in [-0.3, -0.25) is 24.2 Å². The van der Waals surface area contributed by atoms with Gasteiger partial charge in [0.2, 0.25) is 5.91 Å². The minimum atomic E-state index is -4.50. The van der Waals surface area contributed by atoms with E-state index in [1.54, 1.807) is 12.1 Å². The lowest BCUT2D eigenvalue weighted by atomic mass is 10.0. The Bertz CT molecular complexity index is 1330. The second-order valence-electron chi connectivity index (χ2n) is 9.97. The van der Waals surface area contributed by atoms with E-state index >= 15 is 0 Å². The van der Waals surface area contributed by atoms with Gasteiger partial charge in [-0.15, -0.1) is 0 Å². The summed E-state index contributed by atoms with van der Waals surface area (Å²) >= 11 is 0. The van der Waals surface area contributed by atoms with Crippen LogP contribution < -0.4 is 5.32 Å². The van der Waals surface area contributed by atoms with Crippen LogP contribution in [0.2, 0.25) is 0 Å². The molecule has 2 aliphatic heterocycles. The second kappa shape index (κ2) is 11.1. The molecule has 38 heavy (non-hydrogen) atoms. The Hall–Kier alpha value is -3.44. The largest absolute Gasteiger partial charge is 0.340 e. The third-order valence-corrected chi connectivity index (χ3v) is 8.84. The van der Waals surface area contributed by atoms with E-state index in [0.29, 0.717) is 24.3 Å². The molecule has 11 heteroatoms. The normalized spacial score (nSPS) is 20.4. The van der Waals surface area contributed by atoms with Crippen molar-refractivity contribution in [1.29, 1.82) is 0 Å². The first-order chi connectivity index (χ1) is 18.1. The van der Waals surface area contributed by atoms with E-state index in [1.807, 2.05) is 19.1 Å². The fourth-order valence-electron chi connectivity index (χ4n) is 5.09. The minimum Gasteiger partial charge on any atom is -0.340 e. The number of carbonyl (C=O) groups is 4. The number of Topliss-reactive ketones (excluding diaryl/α,β-unsaturated/α-hetero) is 1. The Balaban J connectivity index is 1.50. The number of fused-ring (bicyclic) bond motifs is 1. The van der Waals surface area contributed by atoms with Crippen molar-refractivity contribution in [3.63, 3.8) is 0 Å². The smallest absolute Gasteiger partial charge is 0.293 e. The van der Waals surface area contributed by atoms with Crippen LogP contribution in [0.5, 0.6) is 0 Å². The standard InChI is InChI=1S/C27H32N4O6S/c1-4-6-21(29-25(33)19-10-8-18(9-11-19)17(2)3)26(34)30-14-12-22-24(30)23(32)16-31(22)38(36,37)27(35)20-7-5-13-28-15-20/h5,7-11,13,15,17,21-22,24H,4,6,12,14,16H2,1-3H3,(H,29,33). The first-order valence-corrected chi connectivity index (χ1v) is 14.2. The molecule has 0 bridgehead atoms. The molecule has 1 N–H and O–H groups in total. The summed E-state index contributed by atoms with van der Waals surface area (Å²) in [6, 6.07) is 7.28. The predicted molar refractivity (Wildman–Crippen MR) is 140 cm³/mol. The average molecular weight is 541 g/mol. The fraction of sp³-hybridized carbons (Fsp3) is 0.444. The number of aromatic nitrogens is 1. The summed E-state index contributed by atoms with van der Waals surface area (Å²) in [7, 11) is -4.50. The summed E-state index contributed by atoms with van der Waals surface area (Å²) in [4.78, 5) is 57.4. The molecule has 2 amide bonds. The van der Waals surface area contributed by atoms with Gasteiger partial charge in [-0.1, -0.05) is 39.3 Å². The van der Waals surface area contributed by atoms with E-state index in [1.165, 1.54) is 23.2 Å². The van der Waals surface area contributed by atoms with Crippen molar-refractivity contribution in [2.24, 2.45) is 0 Å². The van der Waals surface area contributed by atoms with Crippen molar-refractivity contribution in [3.05, 3.63) is 65.5 Å². The average Bonchev–Trinajstić information content (AvgIpc) is 3.49. The van der Waals surface area contributed by atoms with E-state index in [9.17, 15) is 27.6 Å². The number of hydrogen-bond donors (Lipinski definition) is 1. The van der Waals surface area contributed by atoms with Crippen LogP contribution in [0.1, 0.15) is 72.2 Å². The van der Waals surface area contributed by atoms with Gasteiger partial charge in [0.15, 0.2) is 5.78 Å². The summed E-state index contributed by atoms with van der Waals surface area (Å²) in [5, 5.41) is 1.67. The first-order valence-electron chi connectivity index (χ1n) is 12.8. The molecule has 202 valence electrons. The zero-order chi connectivity index (χ0) is 27.6. The van der Waals surface area contributed by atoms with Crippen LogP contribution in [0, 0.1) is 0 Å². The van der Waals surface area contributed by atoms with E-state index in [4.69, 9.17) is 0 Å². The SMILES string of the molecule is CCCC(NC(=O)c1ccc(C(C)C)cc1)C(=O)N1CCC2C1C(=O)CN2S(=O)(=O)C(=O)c1cccnc1.